The zero-order chi connectivity index (χ0) is 16.4. The van der Waals surface area contributed by atoms with Crippen molar-refractivity contribution in [2.24, 2.45) is 9.98 Å². The van der Waals surface area contributed by atoms with Gasteiger partial charge in [-0.05, 0) is 24.8 Å². The summed E-state index contributed by atoms with van der Waals surface area (Å²) < 4.78 is 0. The minimum Gasteiger partial charge on any atom is -0.344 e. The molecule has 0 aromatic heterocycles. The molecular formula is C15H18N2O5. The van der Waals surface area contributed by atoms with E-state index in [2.05, 4.69) is 9.98 Å². The van der Waals surface area contributed by atoms with Crippen LogP contribution in [0.25, 0.3) is 0 Å². The van der Waals surface area contributed by atoms with E-state index in [1.165, 1.54) is 12.2 Å². The van der Waals surface area contributed by atoms with Crippen molar-refractivity contribution in [3.8, 4) is 0 Å². The van der Waals surface area contributed by atoms with Crippen LogP contribution in [-0.4, -0.2) is 33.5 Å². The maximum absolute atomic E-state index is 10.4. The number of isocyanates is 2. The van der Waals surface area contributed by atoms with Crippen LogP contribution in [0.2, 0.25) is 0 Å². The van der Waals surface area contributed by atoms with Crippen LogP contribution < -0.4 is 0 Å². The molecule has 0 saturated carbocycles. The Labute approximate surface area is 127 Å². The molecule has 0 fully saturated rings. The number of aliphatic hydroxyl groups is 3. The summed E-state index contributed by atoms with van der Waals surface area (Å²) in [6.07, 6.45) is 4.22. The van der Waals surface area contributed by atoms with Gasteiger partial charge in [0, 0.05) is 12.0 Å². The minimum absolute atomic E-state index is 0.123. The van der Waals surface area contributed by atoms with Gasteiger partial charge < -0.3 is 15.3 Å². The van der Waals surface area contributed by atoms with E-state index < -0.39 is 12.1 Å². The van der Waals surface area contributed by atoms with Crippen molar-refractivity contribution >= 4 is 12.2 Å². The summed E-state index contributed by atoms with van der Waals surface area (Å²) in [5.74, 6) is -2.62. The third-order valence-corrected chi connectivity index (χ3v) is 3.14. The van der Waals surface area contributed by atoms with Crippen LogP contribution in [0.3, 0.4) is 0 Å². The zero-order valence-electron chi connectivity index (χ0n) is 12.0. The molecule has 3 N–H and O–H groups in total. The summed E-state index contributed by atoms with van der Waals surface area (Å²) >= 11 is 0. The first-order valence-corrected chi connectivity index (χ1v) is 6.87. The first-order chi connectivity index (χ1) is 10.5. The molecule has 0 atom stereocenters. The van der Waals surface area contributed by atoms with Crippen molar-refractivity contribution in [1.29, 1.82) is 0 Å². The molecular weight excluding hydrogens is 288 g/mol. The number of hydrogen-bond donors (Lipinski definition) is 3. The summed E-state index contributed by atoms with van der Waals surface area (Å²) in [5, 5.41) is 26.3. The fourth-order valence-electron chi connectivity index (χ4n) is 2.14. The highest BCUT2D eigenvalue weighted by atomic mass is 16.7. The van der Waals surface area contributed by atoms with E-state index >= 15 is 0 Å². The summed E-state index contributed by atoms with van der Waals surface area (Å²) in [6.45, 7) is 0. The molecule has 7 heteroatoms. The molecule has 0 spiro atoms. The smallest absolute Gasteiger partial charge is 0.275 e. The van der Waals surface area contributed by atoms with E-state index in [0.29, 0.717) is 24.8 Å². The maximum Gasteiger partial charge on any atom is 0.275 e. The van der Waals surface area contributed by atoms with Gasteiger partial charge in [-0.25, -0.2) is 9.59 Å². The Balaban J connectivity index is 2.67. The number of aliphatic imine (C=N–C) groups is 2. The normalized spacial score (nSPS) is 12.1. The third-order valence-electron chi connectivity index (χ3n) is 3.14. The Hall–Kier alpha value is -2.14. The quantitative estimate of drug-likeness (QED) is 0.273. The molecule has 0 aliphatic carbocycles. The lowest BCUT2D eigenvalue weighted by Gasteiger charge is -2.14. The number of rotatable bonds is 9. The Morgan fingerprint density at radius 2 is 1.64 bits per heavy atom. The fraction of sp³-hybridized carbons (Fsp3) is 0.467. The van der Waals surface area contributed by atoms with Crippen LogP contribution in [0.4, 0.5) is 0 Å². The second-order valence-electron chi connectivity index (χ2n) is 4.85. The highest BCUT2D eigenvalue weighted by Gasteiger charge is 2.17. The van der Waals surface area contributed by atoms with E-state index in [-0.39, 0.29) is 6.42 Å². The van der Waals surface area contributed by atoms with Crippen LogP contribution in [0.15, 0.2) is 34.3 Å². The SMILES string of the molecule is O=C=NC(N=C=O)c1ccccc1CCCCCC(O)(O)O. The zero-order valence-corrected chi connectivity index (χ0v) is 12.0. The molecule has 0 unspecified atom stereocenters. The van der Waals surface area contributed by atoms with Gasteiger partial charge in [-0.3, -0.25) is 0 Å². The lowest BCUT2D eigenvalue weighted by molar-refractivity contribution is -0.315. The van der Waals surface area contributed by atoms with Crippen molar-refractivity contribution < 1.29 is 24.9 Å². The van der Waals surface area contributed by atoms with E-state index in [9.17, 15) is 9.59 Å². The van der Waals surface area contributed by atoms with E-state index in [0.717, 1.165) is 12.0 Å². The minimum atomic E-state index is -2.62. The van der Waals surface area contributed by atoms with E-state index in [4.69, 9.17) is 15.3 Å². The molecule has 0 saturated heterocycles. The summed E-state index contributed by atoms with van der Waals surface area (Å²) in [6, 6.07) is 7.15. The van der Waals surface area contributed by atoms with Gasteiger partial charge in [-0.1, -0.05) is 30.7 Å². The maximum atomic E-state index is 10.4. The molecule has 1 rings (SSSR count). The number of nitrogens with zero attached hydrogens (tertiary/aromatic N) is 2. The van der Waals surface area contributed by atoms with Crippen molar-refractivity contribution in [3.05, 3.63) is 35.4 Å². The number of unbranched alkanes of at least 4 members (excludes halogenated alkanes) is 2. The van der Waals surface area contributed by atoms with E-state index in [1.54, 1.807) is 12.1 Å². The highest BCUT2D eigenvalue weighted by molar-refractivity contribution is 5.41. The molecule has 118 valence electrons. The summed E-state index contributed by atoms with van der Waals surface area (Å²) in [7, 11) is 0. The standard InChI is InChI=1S/C15H18N2O5/c18-10-16-14(17-11-19)13-8-4-3-7-12(13)6-2-1-5-9-15(20,21)22/h3-4,7-8,14,20-22H,1-2,5-6,9H2. The number of hydrogen-bond acceptors (Lipinski definition) is 7. The third kappa shape index (κ3) is 6.54. The molecule has 1 aromatic carbocycles. The van der Waals surface area contributed by atoms with Gasteiger partial charge in [0.05, 0.1) is 0 Å². The van der Waals surface area contributed by atoms with Gasteiger partial charge in [0.1, 0.15) is 0 Å². The average molecular weight is 306 g/mol. The molecule has 1 aromatic rings. The van der Waals surface area contributed by atoms with Gasteiger partial charge >= 0.3 is 0 Å². The second kappa shape index (κ2) is 9.00. The lowest BCUT2D eigenvalue weighted by Crippen LogP contribution is -2.26. The van der Waals surface area contributed by atoms with Crippen molar-refractivity contribution in [3.63, 3.8) is 0 Å². The van der Waals surface area contributed by atoms with Crippen LogP contribution in [0, 0.1) is 0 Å². The Morgan fingerprint density at radius 3 is 2.23 bits per heavy atom. The second-order valence-corrected chi connectivity index (χ2v) is 4.85. The topological polar surface area (TPSA) is 120 Å². The van der Waals surface area contributed by atoms with Crippen LogP contribution in [-0.2, 0) is 16.0 Å². The van der Waals surface area contributed by atoms with Gasteiger partial charge in [0.15, 0.2) is 6.17 Å². The molecule has 0 bridgehead atoms. The molecule has 0 aliphatic rings. The van der Waals surface area contributed by atoms with Crippen molar-refractivity contribution in [2.75, 3.05) is 0 Å². The van der Waals surface area contributed by atoms with Crippen LogP contribution >= 0.6 is 0 Å². The molecule has 0 amide bonds. The summed E-state index contributed by atoms with van der Waals surface area (Å²) in [4.78, 5) is 27.8. The Kier molecular flexibility index (Phi) is 7.32. The predicted octanol–water partition coefficient (Wildman–Crippen LogP) is 1.09. The Bertz CT molecular complexity index is 552. The summed E-state index contributed by atoms with van der Waals surface area (Å²) in [5.41, 5.74) is 1.52. The monoisotopic (exact) mass is 306 g/mol. The number of benzene rings is 1. The van der Waals surface area contributed by atoms with Gasteiger partial charge in [0.25, 0.3) is 5.97 Å². The first kappa shape index (κ1) is 17.9. The Morgan fingerprint density at radius 1 is 1.00 bits per heavy atom. The molecule has 22 heavy (non-hydrogen) atoms. The fourth-order valence-corrected chi connectivity index (χ4v) is 2.14. The van der Waals surface area contributed by atoms with Crippen molar-refractivity contribution in [2.45, 2.75) is 44.2 Å². The van der Waals surface area contributed by atoms with Gasteiger partial charge in [0.2, 0.25) is 12.2 Å². The largest absolute Gasteiger partial charge is 0.344 e. The predicted molar refractivity (Wildman–Crippen MR) is 77.0 cm³/mol. The van der Waals surface area contributed by atoms with Gasteiger partial charge in [-0.2, -0.15) is 9.98 Å². The van der Waals surface area contributed by atoms with E-state index in [1.807, 2.05) is 12.1 Å². The molecule has 0 aliphatic heterocycles. The number of aryl methyl sites for hydroxylation is 1. The first-order valence-electron chi connectivity index (χ1n) is 6.87. The highest BCUT2D eigenvalue weighted by Crippen LogP contribution is 2.24. The molecule has 7 nitrogen and oxygen atoms in total. The number of carbonyl (C=O) groups excluding carboxylic acids is 2. The molecule has 0 heterocycles. The van der Waals surface area contributed by atoms with Crippen molar-refractivity contribution in [1.82, 2.24) is 0 Å². The van der Waals surface area contributed by atoms with Crippen LogP contribution in [0.5, 0.6) is 0 Å². The van der Waals surface area contributed by atoms with Gasteiger partial charge in [-0.15, -0.1) is 0 Å². The van der Waals surface area contributed by atoms with Crippen LogP contribution in [0.1, 0.15) is 43.0 Å². The average Bonchev–Trinajstić information content (AvgIpc) is 2.46. The molecule has 0 radical (unpaired) electrons. The lowest BCUT2D eigenvalue weighted by atomic mass is 9.99.